The number of ether oxygens (including phenoxy) is 2. The number of tetrazole rings is 1. The molecule has 4 aromatic rings. The molecule has 1 aliphatic heterocycles. The van der Waals surface area contributed by atoms with Crippen LogP contribution >= 0.6 is 0 Å². The highest BCUT2D eigenvalue weighted by Gasteiger charge is 2.27. The third kappa shape index (κ3) is 7.63. The highest BCUT2D eigenvalue weighted by molar-refractivity contribution is 5.90. The van der Waals surface area contributed by atoms with Crippen molar-refractivity contribution in [1.82, 2.24) is 40.7 Å². The second-order valence-electron chi connectivity index (χ2n) is 10.9. The number of carbonyl (C=O) groups is 3. The summed E-state index contributed by atoms with van der Waals surface area (Å²) >= 11 is 0. The van der Waals surface area contributed by atoms with Crippen LogP contribution in [0.4, 0.5) is 0 Å². The predicted molar refractivity (Wildman–Crippen MR) is 162 cm³/mol. The van der Waals surface area contributed by atoms with E-state index in [9.17, 15) is 14.4 Å². The van der Waals surface area contributed by atoms with Crippen LogP contribution in [0.1, 0.15) is 31.7 Å². The minimum atomic E-state index is -0.835. The first kappa shape index (κ1) is 31.2. The van der Waals surface area contributed by atoms with Crippen molar-refractivity contribution >= 4 is 17.7 Å². The fraction of sp³-hybridized carbons (Fsp3) is 0.387. The zero-order valence-electron chi connectivity index (χ0n) is 25.6. The van der Waals surface area contributed by atoms with E-state index in [2.05, 4.69) is 31.0 Å². The van der Waals surface area contributed by atoms with Gasteiger partial charge in [0.15, 0.2) is 11.5 Å². The number of nitrogens with one attached hydrogen (secondary N) is 2. The van der Waals surface area contributed by atoms with Crippen LogP contribution in [-0.4, -0.2) is 80.7 Å². The van der Waals surface area contributed by atoms with E-state index < -0.39 is 17.9 Å². The number of hydrogen-bond acceptors (Lipinski definition) is 10. The Morgan fingerprint density at radius 3 is 2.69 bits per heavy atom. The molecule has 2 aromatic heterocycles. The molecule has 14 heteroatoms. The third-order valence-electron chi connectivity index (χ3n) is 7.28. The number of rotatable bonds is 5. The molecule has 5 rings (SSSR count). The monoisotopic (exact) mass is 616 g/mol. The van der Waals surface area contributed by atoms with Gasteiger partial charge in [0.1, 0.15) is 24.0 Å². The number of aryl methyl sites for hydroxylation is 1. The summed E-state index contributed by atoms with van der Waals surface area (Å²) in [6.45, 7) is 5.44. The van der Waals surface area contributed by atoms with Crippen molar-refractivity contribution in [1.29, 1.82) is 0 Å². The summed E-state index contributed by atoms with van der Waals surface area (Å²) in [5, 5.41) is 18.1. The quantitative estimate of drug-likeness (QED) is 0.340. The number of aromatic nitrogens is 5. The van der Waals surface area contributed by atoms with Gasteiger partial charge in [-0.1, -0.05) is 44.2 Å². The average Bonchev–Trinajstić information content (AvgIpc) is 3.66. The van der Waals surface area contributed by atoms with E-state index in [4.69, 9.17) is 13.9 Å². The Morgan fingerprint density at radius 1 is 1.13 bits per heavy atom. The lowest BCUT2D eigenvalue weighted by molar-refractivity contribution is -0.138. The molecule has 1 atom stereocenters. The fourth-order valence-corrected chi connectivity index (χ4v) is 4.81. The highest BCUT2D eigenvalue weighted by Crippen LogP contribution is 2.33. The fourth-order valence-electron chi connectivity index (χ4n) is 4.81. The van der Waals surface area contributed by atoms with E-state index >= 15 is 0 Å². The van der Waals surface area contributed by atoms with Gasteiger partial charge in [0.05, 0.1) is 26.8 Å². The van der Waals surface area contributed by atoms with Crippen LogP contribution in [0.15, 0.2) is 52.9 Å². The van der Waals surface area contributed by atoms with Gasteiger partial charge in [-0.25, -0.2) is 4.98 Å². The molecule has 0 saturated carbocycles. The summed E-state index contributed by atoms with van der Waals surface area (Å²) in [5.41, 5.74) is 1.99. The van der Waals surface area contributed by atoms with Crippen molar-refractivity contribution in [3.05, 3.63) is 60.0 Å². The number of nitrogens with zero attached hydrogens (tertiary/aromatic N) is 6. The second kappa shape index (κ2) is 14.0. The average molecular weight is 617 g/mol. The highest BCUT2D eigenvalue weighted by atomic mass is 16.5. The molecule has 2 aromatic carbocycles. The van der Waals surface area contributed by atoms with Gasteiger partial charge in [-0.05, 0) is 42.7 Å². The summed E-state index contributed by atoms with van der Waals surface area (Å²) in [4.78, 5) is 47.1. The van der Waals surface area contributed by atoms with Crippen molar-refractivity contribution in [3.8, 4) is 34.3 Å². The van der Waals surface area contributed by atoms with Crippen molar-refractivity contribution in [3.63, 3.8) is 0 Å². The third-order valence-corrected chi connectivity index (χ3v) is 7.28. The van der Waals surface area contributed by atoms with Crippen LogP contribution in [0.3, 0.4) is 0 Å². The molecule has 14 nitrogen and oxygen atoms in total. The van der Waals surface area contributed by atoms with Crippen LogP contribution in [0.2, 0.25) is 0 Å². The van der Waals surface area contributed by atoms with Crippen LogP contribution in [-0.2, 0) is 27.5 Å². The topological polar surface area (TPSA) is 167 Å². The van der Waals surface area contributed by atoms with E-state index in [1.54, 1.807) is 26.2 Å². The number of carbonyl (C=O) groups excluding carboxylic acids is 3. The maximum absolute atomic E-state index is 13.5. The molecule has 0 radical (unpaired) electrons. The van der Waals surface area contributed by atoms with Crippen LogP contribution in [0.25, 0.3) is 22.8 Å². The molecule has 1 aliphatic rings. The van der Waals surface area contributed by atoms with E-state index in [0.29, 0.717) is 46.7 Å². The minimum absolute atomic E-state index is 0.104. The number of benzene rings is 2. The Labute approximate surface area is 260 Å². The SMILES string of the molecule is COc1ccc2cc1OCCCN(C(=O)Cn1nnc(-c3ccccc3)n1)CC(=O)N[C@@H](C(C)C)C(=O)NCc1nc-2oc1C. The largest absolute Gasteiger partial charge is 0.493 e. The number of hydrogen-bond donors (Lipinski definition) is 2. The van der Waals surface area contributed by atoms with Crippen LogP contribution in [0.5, 0.6) is 11.5 Å². The molecule has 3 amide bonds. The summed E-state index contributed by atoms with van der Waals surface area (Å²) < 4.78 is 17.4. The number of fused-ring (bicyclic) bond motifs is 5. The second-order valence-corrected chi connectivity index (χ2v) is 10.9. The smallest absolute Gasteiger partial charge is 0.246 e. The first-order valence-corrected chi connectivity index (χ1v) is 14.7. The van der Waals surface area contributed by atoms with Gasteiger partial charge in [-0.15, -0.1) is 10.2 Å². The van der Waals surface area contributed by atoms with Crippen molar-refractivity contribution < 1.29 is 28.3 Å². The molecule has 0 fully saturated rings. The van der Waals surface area contributed by atoms with E-state index in [1.807, 2.05) is 50.2 Å². The molecular weight excluding hydrogens is 580 g/mol. The Hall–Kier alpha value is -5.27. The molecule has 0 aliphatic carbocycles. The van der Waals surface area contributed by atoms with Crippen molar-refractivity contribution in [2.75, 3.05) is 26.8 Å². The molecule has 0 unspecified atom stereocenters. The molecule has 236 valence electrons. The molecule has 2 N–H and O–H groups in total. The van der Waals surface area contributed by atoms with Crippen molar-refractivity contribution in [2.24, 2.45) is 5.92 Å². The minimum Gasteiger partial charge on any atom is -0.493 e. The number of methoxy groups -OCH3 is 1. The normalized spacial score (nSPS) is 16.3. The van der Waals surface area contributed by atoms with Gasteiger partial charge >= 0.3 is 0 Å². The van der Waals surface area contributed by atoms with E-state index in [-0.39, 0.29) is 44.6 Å². The zero-order valence-corrected chi connectivity index (χ0v) is 25.6. The summed E-state index contributed by atoms with van der Waals surface area (Å²) in [6.07, 6.45) is 0.392. The first-order chi connectivity index (χ1) is 21.7. The molecule has 3 heterocycles. The summed E-state index contributed by atoms with van der Waals surface area (Å²) in [6, 6.07) is 13.8. The van der Waals surface area contributed by atoms with E-state index in [1.165, 1.54) is 9.70 Å². The van der Waals surface area contributed by atoms with Gasteiger partial charge in [-0.3, -0.25) is 14.4 Å². The maximum Gasteiger partial charge on any atom is 0.246 e. The molecular formula is C31H36N8O6. The van der Waals surface area contributed by atoms with Gasteiger partial charge in [0.25, 0.3) is 0 Å². The molecule has 0 spiro atoms. The van der Waals surface area contributed by atoms with Crippen LogP contribution < -0.4 is 20.1 Å². The Morgan fingerprint density at radius 2 is 1.93 bits per heavy atom. The Balaban J connectivity index is 1.38. The van der Waals surface area contributed by atoms with Gasteiger partial charge in [0.2, 0.25) is 29.4 Å². The van der Waals surface area contributed by atoms with Gasteiger partial charge in [-0.2, -0.15) is 4.80 Å². The zero-order chi connectivity index (χ0) is 31.9. The lowest BCUT2D eigenvalue weighted by Crippen LogP contribution is -2.52. The molecule has 4 bridgehead atoms. The standard InChI is InChI=1S/C31H36N8O6/c1-19(2)28-30(42)32-16-23-20(3)45-31(33-23)22-11-12-24(43-4)25(15-22)44-14-8-13-38(17-26(40)34-28)27(41)18-39-36-29(35-37-39)21-9-6-5-7-10-21/h5-7,9-12,15,19,28H,8,13-14,16-18H2,1-4H3,(H,32,42)(H,34,40)/t28-/m0/s1. The summed E-state index contributed by atoms with van der Waals surface area (Å²) in [5.74, 6) is 0.820. The lowest BCUT2D eigenvalue weighted by atomic mass is 10.0. The number of oxazole rings is 1. The van der Waals surface area contributed by atoms with Gasteiger partial charge in [0, 0.05) is 17.7 Å². The molecule has 0 saturated heterocycles. The summed E-state index contributed by atoms with van der Waals surface area (Å²) in [7, 11) is 1.54. The predicted octanol–water partition coefficient (Wildman–Crippen LogP) is 2.38. The number of amides is 3. The van der Waals surface area contributed by atoms with E-state index in [0.717, 1.165) is 5.56 Å². The molecule has 45 heavy (non-hydrogen) atoms. The maximum atomic E-state index is 13.5. The Kier molecular flexibility index (Phi) is 9.70. The Bertz CT molecular complexity index is 1650. The first-order valence-electron chi connectivity index (χ1n) is 14.7. The van der Waals surface area contributed by atoms with Crippen LogP contribution in [0, 0.1) is 12.8 Å². The lowest BCUT2D eigenvalue weighted by Gasteiger charge is -2.25. The van der Waals surface area contributed by atoms with Gasteiger partial charge < -0.3 is 29.4 Å². The van der Waals surface area contributed by atoms with Crippen molar-refractivity contribution in [2.45, 2.75) is 46.3 Å².